The summed E-state index contributed by atoms with van der Waals surface area (Å²) in [6, 6.07) is 7.62. The zero-order chi connectivity index (χ0) is 23.8. The Morgan fingerprint density at radius 2 is 1.81 bits per heavy atom. The Morgan fingerprint density at radius 1 is 1.19 bits per heavy atom. The predicted octanol–water partition coefficient (Wildman–Crippen LogP) is 4.43. The van der Waals surface area contributed by atoms with Gasteiger partial charge in [-0.3, -0.25) is 4.79 Å². The molecule has 6 nitrogen and oxygen atoms in total. The van der Waals surface area contributed by atoms with Gasteiger partial charge in [-0.25, -0.2) is 4.79 Å². The number of methoxy groups -OCH3 is 2. The molecule has 1 aromatic rings. The standard InChI is InChI=1S/C25H35NO5Si/c1-16(31-32(7,8)25(2,3)4)22-23-20(13-17-9-11-19(29-5)12-10-17)18(14-21(27)30-6)15-26(23)24(22)28/h9-14,16,22-23H,15H2,1-8H3/b18-14+,20-13+/t16-,22-,23+/m1/s1. The van der Waals surface area contributed by atoms with E-state index >= 15 is 0 Å². The van der Waals surface area contributed by atoms with Gasteiger partial charge in [0.25, 0.3) is 0 Å². The first-order valence-corrected chi connectivity index (χ1v) is 13.9. The van der Waals surface area contributed by atoms with Crippen LogP contribution in [0.25, 0.3) is 6.08 Å². The summed E-state index contributed by atoms with van der Waals surface area (Å²) in [6.07, 6.45) is 3.34. The van der Waals surface area contributed by atoms with Crippen molar-refractivity contribution in [2.75, 3.05) is 20.8 Å². The number of fused-ring (bicyclic) bond motifs is 1. The Kier molecular flexibility index (Phi) is 6.72. The highest BCUT2D eigenvalue weighted by Gasteiger charge is 2.57. The zero-order valence-corrected chi connectivity index (χ0v) is 21.4. The van der Waals surface area contributed by atoms with Crippen molar-refractivity contribution in [2.24, 2.45) is 5.92 Å². The average Bonchev–Trinajstić information content (AvgIpc) is 3.00. The molecule has 32 heavy (non-hydrogen) atoms. The summed E-state index contributed by atoms with van der Waals surface area (Å²) in [5, 5.41) is 0.0567. The van der Waals surface area contributed by atoms with Crippen LogP contribution in [0.4, 0.5) is 0 Å². The molecule has 3 atom stereocenters. The Hall–Kier alpha value is -2.38. The lowest BCUT2D eigenvalue weighted by atomic mass is 9.80. The molecule has 1 aromatic carbocycles. The highest BCUT2D eigenvalue weighted by Crippen LogP contribution is 2.47. The first-order valence-electron chi connectivity index (χ1n) is 11.0. The largest absolute Gasteiger partial charge is 0.497 e. The summed E-state index contributed by atoms with van der Waals surface area (Å²) in [5.74, 6) is 0.170. The Morgan fingerprint density at radius 3 is 2.34 bits per heavy atom. The molecule has 0 saturated carbocycles. The van der Waals surface area contributed by atoms with Crippen molar-refractivity contribution < 1.29 is 23.5 Å². The molecule has 0 unspecified atom stereocenters. The first kappa shape index (κ1) is 24.3. The molecule has 2 aliphatic heterocycles. The van der Waals surface area contributed by atoms with Gasteiger partial charge < -0.3 is 18.8 Å². The van der Waals surface area contributed by atoms with Gasteiger partial charge in [0.15, 0.2) is 8.32 Å². The van der Waals surface area contributed by atoms with Crippen LogP contribution < -0.4 is 4.74 Å². The Balaban J connectivity index is 1.96. The summed E-state index contributed by atoms with van der Waals surface area (Å²) in [5.41, 5.74) is 2.76. The number of carbonyl (C=O) groups is 2. The van der Waals surface area contributed by atoms with Crippen LogP contribution in [0.5, 0.6) is 5.75 Å². The summed E-state index contributed by atoms with van der Waals surface area (Å²) in [7, 11) is 0.958. The number of nitrogens with zero attached hydrogens (tertiary/aromatic N) is 1. The van der Waals surface area contributed by atoms with E-state index in [0.29, 0.717) is 6.54 Å². The maximum absolute atomic E-state index is 13.1. The molecule has 7 heteroatoms. The molecule has 0 spiro atoms. The highest BCUT2D eigenvalue weighted by atomic mass is 28.4. The molecular weight excluding hydrogens is 422 g/mol. The lowest BCUT2D eigenvalue weighted by molar-refractivity contribution is -0.156. The molecule has 3 rings (SSSR count). The minimum absolute atomic E-state index is 0.0567. The molecule has 2 aliphatic rings. The molecular formula is C25H35NO5Si. The molecule has 2 saturated heterocycles. The zero-order valence-electron chi connectivity index (χ0n) is 20.4. The van der Waals surface area contributed by atoms with Gasteiger partial charge in [-0.05, 0) is 60.0 Å². The summed E-state index contributed by atoms with van der Waals surface area (Å²) in [4.78, 5) is 26.9. The molecule has 174 valence electrons. The van der Waals surface area contributed by atoms with Crippen LogP contribution in [0.1, 0.15) is 33.3 Å². The third-order valence-corrected chi connectivity index (χ3v) is 11.6. The minimum atomic E-state index is -2.04. The Labute approximate surface area is 192 Å². The molecule has 1 amide bonds. The predicted molar refractivity (Wildman–Crippen MR) is 128 cm³/mol. The lowest BCUT2D eigenvalue weighted by Crippen LogP contribution is -2.63. The van der Waals surface area contributed by atoms with Gasteiger partial charge in [0.2, 0.25) is 5.91 Å². The minimum Gasteiger partial charge on any atom is -0.497 e. The van der Waals surface area contributed by atoms with Gasteiger partial charge in [0.05, 0.1) is 32.3 Å². The van der Waals surface area contributed by atoms with Crippen molar-refractivity contribution in [3.05, 3.63) is 47.1 Å². The van der Waals surface area contributed by atoms with Crippen LogP contribution in [-0.4, -0.2) is 58.0 Å². The number of amides is 1. The van der Waals surface area contributed by atoms with Crippen LogP contribution in [0.2, 0.25) is 18.1 Å². The first-order chi connectivity index (χ1) is 14.9. The van der Waals surface area contributed by atoms with Gasteiger partial charge >= 0.3 is 5.97 Å². The van der Waals surface area contributed by atoms with E-state index in [4.69, 9.17) is 13.9 Å². The normalized spacial score (nSPS) is 24.4. The fourth-order valence-corrected chi connectivity index (χ4v) is 5.57. The molecule has 0 radical (unpaired) electrons. The van der Waals surface area contributed by atoms with Crippen LogP contribution in [0.15, 0.2) is 41.5 Å². The second-order valence-corrected chi connectivity index (χ2v) is 14.8. The molecule has 0 aromatic heterocycles. The third-order valence-electron chi connectivity index (χ3n) is 7.00. The van der Waals surface area contributed by atoms with E-state index in [2.05, 4.69) is 39.9 Å². The van der Waals surface area contributed by atoms with Crippen molar-refractivity contribution in [2.45, 2.75) is 58.0 Å². The van der Waals surface area contributed by atoms with Gasteiger partial charge in [-0.1, -0.05) is 32.9 Å². The number of β-lactam (4-membered cyclic amide) rings is 1. The van der Waals surface area contributed by atoms with E-state index in [1.54, 1.807) is 7.11 Å². The van der Waals surface area contributed by atoms with Crippen molar-refractivity contribution in [3.63, 3.8) is 0 Å². The monoisotopic (exact) mass is 457 g/mol. The molecule has 2 fully saturated rings. The van der Waals surface area contributed by atoms with E-state index in [0.717, 1.165) is 22.5 Å². The summed E-state index contributed by atoms with van der Waals surface area (Å²) < 4.78 is 16.7. The van der Waals surface area contributed by atoms with E-state index in [1.165, 1.54) is 13.2 Å². The highest BCUT2D eigenvalue weighted by molar-refractivity contribution is 6.74. The second kappa shape index (κ2) is 8.87. The van der Waals surface area contributed by atoms with Gasteiger partial charge in [0.1, 0.15) is 5.75 Å². The number of ether oxygens (including phenoxy) is 2. The quantitative estimate of drug-likeness (QED) is 0.274. The maximum atomic E-state index is 13.1. The molecule has 2 heterocycles. The van der Waals surface area contributed by atoms with Crippen LogP contribution >= 0.6 is 0 Å². The SMILES string of the molecule is COC(=O)/C=C1\CN2C(=O)[C@H]([C@@H](C)O[Si](C)(C)C(C)(C)C)[C@@H]2\C1=C\c1ccc(OC)cc1. The molecule has 0 N–H and O–H groups in total. The van der Waals surface area contributed by atoms with Crippen molar-refractivity contribution >= 4 is 26.3 Å². The van der Waals surface area contributed by atoms with Gasteiger partial charge in [-0.2, -0.15) is 0 Å². The van der Waals surface area contributed by atoms with Crippen molar-refractivity contribution in [1.82, 2.24) is 4.90 Å². The van der Waals surface area contributed by atoms with Crippen LogP contribution in [0, 0.1) is 5.92 Å². The number of hydrogen-bond donors (Lipinski definition) is 0. The fourth-order valence-electron chi connectivity index (χ4n) is 4.14. The topological polar surface area (TPSA) is 65.1 Å². The smallest absolute Gasteiger partial charge is 0.330 e. The fraction of sp³-hybridized carbons (Fsp3) is 0.520. The van der Waals surface area contributed by atoms with E-state index < -0.39 is 14.3 Å². The third kappa shape index (κ3) is 4.54. The van der Waals surface area contributed by atoms with E-state index in [1.807, 2.05) is 36.1 Å². The number of benzene rings is 1. The van der Waals surface area contributed by atoms with Gasteiger partial charge in [0, 0.05) is 12.6 Å². The van der Waals surface area contributed by atoms with E-state index in [9.17, 15) is 9.59 Å². The van der Waals surface area contributed by atoms with Crippen LogP contribution in [-0.2, 0) is 18.8 Å². The number of carbonyl (C=O) groups excluding carboxylic acids is 2. The summed E-state index contributed by atoms with van der Waals surface area (Å²) in [6.45, 7) is 13.4. The van der Waals surface area contributed by atoms with Gasteiger partial charge in [-0.15, -0.1) is 0 Å². The molecule has 0 aliphatic carbocycles. The number of rotatable bonds is 6. The maximum Gasteiger partial charge on any atom is 0.330 e. The molecule has 0 bridgehead atoms. The Bertz CT molecular complexity index is 942. The number of hydrogen-bond acceptors (Lipinski definition) is 5. The van der Waals surface area contributed by atoms with Crippen LogP contribution in [0.3, 0.4) is 0 Å². The van der Waals surface area contributed by atoms with E-state index in [-0.39, 0.29) is 29.0 Å². The number of esters is 1. The van der Waals surface area contributed by atoms with Crippen molar-refractivity contribution in [3.8, 4) is 5.75 Å². The average molecular weight is 458 g/mol. The second-order valence-electron chi connectivity index (χ2n) is 10.1. The van der Waals surface area contributed by atoms with Crippen molar-refractivity contribution in [1.29, 1.82) is 0 Å². The summed E-state index contributed by atoms with van der Waals surface area (Å²) >= 11 is 0. The lowest BCUT2D eigenvalue weighted by Gasteiger charge is -2.48.